The number of nitrogens with one attached hydrogen (secondary N) is 1. The molecule has 0 fully saturated rings. The highest BCUT2D eigenvalue weighted by atomic mass is 79.9. The van der Waals surface area contributed by atoms with Crippen molar-refractivity contribution in [2.24, 2.45) is 0 Å². The maximum absolute atomic E-state index is 12.5. The molecule has 0 heterocycles. The predicted molar refractivity (Wildman–Crippen MR) is 89.2 cm³/mol. The van der Waals surface area contributed by atoms with Crippen LogP contribution < -0.4 is 9.46 Å². The predicted octanol–water partition coefficient (Wildman–Crippen LogP) is 4.09. The molecule has 0 amide bonds. The van der Waals surface area contributed by atoms with Gasteiger partial charge in [0.05, 0.1) is 16.5 Å². The smallest absolute Gasteiger partial charge is 0.240 e. The Balaban J connectivity index is 2.90. The monoisotopic (exact) mass is 377 g/mol. The summed E-state index contributed by atoms with van der Waals surface area (Å²) in [7, 11) is -1.95. The number of unbranched alkanes of at least 4 members (excludes halogenated alkanes) is 1. The first kappa shape index (κ1) is 18.5. The Morgan fingerprint density at radius 1 is 1.24 bits per heavy atom. The molecule has 1 aromatic carbocycles. The van der Waals surface area contributed by atoms with E-state index in [0.29, 0.717) is 10.2 Å². The van der Waals surface area contributed by atoms with Crippen molar-refractivity contribution >= 4 is 26.0 Å². The maximum atomic E-state index is 12.5. The Morgan fingerprint density at radius 2 is 1.95 bits per heavy atom. The molecule has 1 N–H and O–H groups in total. The molecule has 1 rings (SSSR count). The Labute approximate surface area is 136 Å². The van der Waals surface area contributed by atoms with E-state index in [1.807, 2.05) is 0 Å². The van der Waals surface area contributed by atoms with Gasteiger partial charge in [0.15, 0.2) is 0 Å². The lowest BCUT2D eigenvalue weighted by molar-refractivity contribution is 0.411. The summed E-state index contributed by atoms with van der Waals surface area (Å²) in [5.74, 6) is 0.616. The highest BCUT2D eigenvalue weighted by Crippen LogP contribution is 2.27. The van der Waals surface area contributed by atoms with E-state index < -0.39 is 10.0 Å². The molecule has 0 saturated heterocycles. The van der Waals surface area contributed by atoms with Crippen LogP contribution in [-0.2, 0) is 10.0 Å². The molecule has 0 aliphatic rings. The van der Waals surface area contributed by atoms with E-state index >= 15 is 0 Å². The average molecular weight is 378 g/mol. The van der Waals surface area contributed by atoms with Crippen molar-refractivity contribution in [3.8, 4) is 5.75 Å². The van der Waals surface area contributed by atoms with E-state index in [4.69, 9.17) is 4.74 Å². The summed E-state index contributed by atoms with van der Waals surface area (Å²) in [6, 6.07) is 4.79. The van der Waals surface area contributed by atoms with Gasteiger partial charge in [-0.15, -0.1) is 0 Å². The third kappa shape index (κ3) is 5.60. The van der Waals surface area contributed by atoms with Gasteiger partial charge in [-0.1, -0.05) is 33.1 Å². The maximum Gasteiger partial charge on any atom is 0.240 e. The Kier molecular flexibility index (Phi) is 7.70. The van der Waals surface area contributed by atoms with Gasteiger partial charge in [-0.2, -0.15) is 0 Å². The number of methoxy groups -OCH3 is 1. The number of ether oxygens (including phenoxy) is 1. The highest BCUT2D eigenvalue weighted by Gasteiger charge is 2.20. The van der Waals surface area contributed by atoms with Gasteiger partial charge in [-0.25, -0.2) is 13.1 Å². The van der Waals surface area contributed by atoms with Gasteiger partial charge in [-0.3, -0.25) is 0 Å². The van der Waals surface area contributed by atoms with Crippen LogP contribution in [0.5, 0.6) is 5.75 Å². The first-order valence-electron chi connectivity index (χ1n) is 7.30. The number of rotatable bonds is 9. The molecule has 0 aromatic heterocycles. The van der Waals surface area contributed by atoms with Crippen LogP contribution >= 0.6 is 15.9 Å². The van der Waals surface area contributed by atoms with E-state index in [2.05, 4.69) is 34.5 Å². The molecule has 0 saturated carbocycles. The lowest BCUT2D eigenvalue weighted by atomic mass is 10.1. The molecule has 0 radical (unpaired) electrons. The molecule has 0 aliphatic carbocycles. The van der Waals surface area contributed by atoms with E-state index in [9.17, 15) is 8.42 Å². The first-order chi connectivity index (χ1) is 9.94. The van der Waals surface area contributed by atoms with Crippen LogP contribution in [0.3, 0.4) is 0 Å². The van der Waals surface area contributed by atoms with E-state index in [1.165, 1.54) is 0 Å². The Morgan fingerprint density at radius 3 is 2.48 bits per heavy atom. The summed E-state index contributed by atoms with van der Waals surface area (Å²) in [5.41, 5.74) is 0. The second kappa shape index (κ2) is 8.76. The van der Waals surface area contributed by atoms with Crippen molar-refractivity contribution in [3.63, 3.8) is 0 Å². The SMILES string of the molecule is CCCCC(CCC)NS(=O)(=O)c1ccc(OC)c(Br)c1. The minimum absolute atomic E-state index is 0.000766. The van der Waals surface area contributed by atoms with Crippen molar-refractivity contribution in [1.82, 2.24) is 4.72 Å². The zero-order valence-electron chi connectivity index (χ0n) is 12.9. The number of hydrogen-bond donors (Lipinski definition) is 1. The molecule has 6 heteroatoms. The van der Waals surface area contributed by atoms with E-state index in [0.717, 1.165) is 32.1 Å². The fraction of sp³-hybridized carbons (Fsp3) is 0.600. The second-order valence-electron chi connectivity index (χ2n) is 5.05. The molecular weight excluding hydrogens is 354 g/mol. The minimum Gasteiger partial charge on any atom is -0.496 e. The summed E-state index contributed by atoms with van der Waals surface area (Å²) in [6.45, 7) is 4.18. The number of sulfonamides is 1. The van der Waals surface area contributed by atoms with Crippen molar-refractivity contribution in [2.45, 2.75) is 56.9 Å². The third-order valence-electron chi connectivity index (χ3n) is 3.30. The normalized spacial score (nSPS) is 13.1. The summed E-state index contributed by atoms with van der Waals surface area (Å²) in [4.78, 5) is 0.257. The molecular formula is C15H24BrNO3S. The summed E-state index contributed by atoms with van der Waals surface area (Å²) < 4.78 is 33.5. The van der Waals surface area contributed by atoms with Crippen molar-refractivity contribution < 1.29 is 13.2 Å². The zero-order valence-corrected chi connectivity index (χ0v) is 15.3. The zero-order chi connectivity index (χ0) is 15.9. The first-order valence-corrected chi connectivity index (χ1v) is 9.58. The molecule has 120 valence electrons. The van der Waals surface area contributed by atoms with Crippen molar-refractivity contribution in [1.29, 1.82) is 0 Å². The average Bonchev–Trinajstić information content (AvgIpc) is 2.44. The van der Waals surface area contributed by atoms with Crippen molar-refractivity contribution in [3.05, 3.63) is 22.7 Å². The topological polar surface area (TPSA) is 55.4 Å². The number of halogens is 1. The van der Waals surface area contributed by atoms with Crippen LogP contribution in [0.1, 0.15) is 46.0 Å². The molecule has 4 nitrogen and oxygen atoms in total. The van der Waals surface area contributed by atoms with Crippen LogP contribution in [0.2, 0.25) is 0 Å². The molecule has 0 aliphatic heterocycles. The van der Waals surface area contributed by atoms with Gasteiger partial charge in [0.25, 0.3) is 0 Å². The second-order valence-corrected chi connectivity index (χ2v) is 7.61. The van der Waals surface area contributed by atoms with Crippen LogP contribution in [0.25, 0.3) is 0 Å². The van der Waals surface area contributed by atoms with Crippen LogP contribution in [-0.4, -0.2) is 21.6 Å². The standard InChI is InChI=1S/C15H24BrNO3S/c1-4-6-8-12(7-5-2)17-21(18,19)13-9-10-15(20-3)14(16)11-13/h9-12,17H,4-8H2,1-3H3. The molecule has 1 atom stereocenters. The molecule has 1 unspecified atom stereocenters. The number of hydrogen-bond acceptors (Lipinski definition) is 3. The summed E-state index contributed by atoms with van der Waals surface area (Å²) >= 11 is 3.32. The van der Waals surface area contributed by atoms with Crippen LogP contribution in [0.4, 0.5) is 0 Å². The lowest BCUT2D eigenvalue weighted by Crippen LogP contribution is -2.34. The lowest BCUT2D eigenvalue weighted by Gasteiger charge is -2.18. The minimum atomic E-state index is -3.50. The Bertz CT molecular complexity index is 546. The van der Waals surface area contributed by atoms with Gasteiger partial charge in [0.2, 0.25) is 10.0 Å². The van der Waals surface area contributed by atoms with Gasteiger partial charge in [0.1, 0.15) is 5.75 Å². The third-order valence-corrected chi connectivity index (χ3v) is 5.44. The van der Waals surface area contributed by atoms with Crippen LogP contribution in [0, 0.1) is 0 Å². The molecule has 21 heavy (non-hydrogen) atoms. The molecule has 0 spiro atoms. The van der Waals surface area contributed by atoms with Crippen molar-refractivity contribution in [2.75, 3.05) is 7.11 Å². The molecule has 1 aromatic rings. The number of benzene rings is 1. The fourth-order valence-electron chi connectivity index (χ4n) is 2.16. The quantitative estimate of drug-likeness (QED) is 0.704. The Hall–Kier alpha value is -0.590. The van der Waals surface area contributed by atoms with E-state index in [-0.39, 0.29) is 10.9 Å². The van der Waals surface area contributed by atoms with Gasteiger partial charge >= 0.3 is 0 Å². The van der Waals surface area contributed by atoms with Gasteiger partial charge in [0, 0.05) is 6.04 Å². The van der Waals surface area contributed by atoms with Gasteiger partial charge in [-0.05, 0) is 47.0 Å². The van der Waals surface area contributed by atoms with E-state index in [1.54, 1.807) is 25.3 Å². The summed E-state index contributed by atoms with van der Waals surface area (Å²) in [6.07, 6.45) is 4.79. The van der Waals surface area contributed by atoms with Gasteiger partial charge < -0.3 is 4.74 Å². The summed E-state index contributed by atoms with van der Waals surface area (Å²) in [5, 5.41) is 0. The fourth-order valence-corrected chi connectivity index (χ4v) is 4.19. The van der Waals surface area contributed by atoms with Crippen LogP contribution in [0.15, 0.2) is 27.6 Å². The molecule has 0 bridgehead atoms. The largest absolute Gasteiger partial charge is 0.496 e. The highest BCUT2D eigenvalue weighted by molar-refractivity contribution is 9.10.